The molecular formula is C15H21N3O2. The van der Waals surface area contributed by atoms with Gasteiger partial charge in [-0.1, -0.05) is 0 Å². The van der Waals surface area contributed by atoms with Crippen molar-refractivity contribution in [1.82, 2.24) is 9.78 Å². The largest absolute Gasteiger partial charge is 0.491 e. The van der Waals surface area contributed by atoms with Crippen molar-refractivity contribution in [3.8, 4) is 5.75 Å². The summed E-state index contributed by atoms with van der Waals surface area (Å²) < 4.78 is 12.3. The van der Waals surface area contributed by atoms with Crippen LogP contribution in [-0.4, -0.2) is 30.1 Å². The zero-order chi connectivity index (χ0) is 14.4. The van der Waals surface area contributed by atoms with Crippen molar-refractivity contribution in [3.63, 3.8) is 0 Å². The van der Waals surface area contributed by atoms with Crippen LogP contribution < -0.4 is 10.1 Å². The quantitative estimate of drug-likeness (QED) is 0.788. The van der Waals surface area contributed by atoms with E-state index in [4.69, 9.17) is 9.47 Å². The van der Waals surface area contributed by atoms with Gasteiger partial charge in [-0.2, -0.15) is 5.10 Å². The van der Waals surface area contributed by atoms with Crippen LogP contribution >= 0.6 is 0 Å². The monoisotopic (exact) mass is 275 g/mol. The molecule has 0 aliphatic heterocycles. The molecule has 0 saturated heterocycles. The van der Waals surface area contributed by atoms with Crippen LogP contribution in [-0.2, 0) is 18.3 Å². The third-order valence-electron chi connectivity index (χ3n) is 3.23. The third-order valence-corrected chi connectivity index (χ3v) is 3.23. The van der Waals surface area contributed by atoms with Crippen molar-refractivity contribution < 1.29 is 9.47 Å². The van der Waals surface area contributed by atoms with Gasteiger partial charge in [0.15, 0.2) is 0 Å². The summed E-state index contributed by atoms with van der Waals surface area (Å²) in [4.78, 5) is 0. The minimum absolute atomic E-state index is 0.568. The average Bonchev–Trinajstić information content (AvgIpc) is 2.78. The maximum Gasteiger partial charge on any atom is 0.119 e. The van der Waals surface area contributed by atoms with Crippen LogP contribution in [0.2, 0.25) is 0 Å². The number of aryl methyl sites for hydroxylation is 1. The van der Waals surface area contributed by atoms with E-state index in [0.29, 0.717) is 13.2 Å². The average molecular weight is 275 g/mol. The van der Waals surface area contributed by atoms with E-state index in [1.54, 1.807) is 7.11 Å². The number of ether oxygens (including phenoxy) is 2. The van der Waals surface area contributed by atoms with Gasteiger partial charge in [0.05, 0.1) is 12.8 Å². The van der Waals surface area contributed by atoms with Gasteiger partial charge < -0.3 is 14.8 Å². The van der Waals surface area contributed by atoms with E-state index in [-0.39, 0.29) is 0 Å². The second-order valence-electron chi connectivity index (χ2n) is 4.60. The van der Waals surface area contributed by atoms with E-state index in [0.717, 1.165) is 18.0 Å². The van der Waals surface area contributed by atoms with Crippen LogP contribution in [0.15, 0.2) is 30.5 Å². The summed E-state index contributed by atoms with van der Waals surface area (Å²) >= 11 is 0. The van der Waals surface area contributed by atoms with Gasteiger partial charge in [0, 0.05) is 37.6 Å². The molecule has 0 fully saturated rings. The molecule has 0 aliphatic rings. The standard InChI is InChI=1S/C15H21N3O2/c1-12-13(11-17-18(12)2)10-16-14-4-6-15(7-5-14)20-9-8-19-3/h4-7,11,16H,8-10H2,1-3H3. The molecule has 1 aromatic heterocycles. The summed E-state index contributed by atoms with van der Waals surface area (Å²) in [5.41, 5.74) is 3.44. The van der Waals surface area contributed by atoms with Crippen molar-refractivity contribution in [1.29, 1.82) is 0 Å². The molecule has 2 aromatic rings. The fourth-order valence-corrected chi connectivity index (χ4v) is 1.83. The SMILES string of the molecule is COCCOc1ccc(NCc2cnn(C)c2C)cc1. The van der Waals surface area contributed by atoms with Crippen LogP contribution in [0, 0.1) is 6.92 Å². The predicted molar refractivity (Wildman–Crippen MR) is 79.1 cm³/mol. The number of aromatic nitrogens is 2. The molecule has 5 nitrogen and oxygen atoms in total. The predicted octanol–water partition coefficient (Wildman–Crippen LogP) is 2.37. The summed E-state index contributed by atoms with van der Waals surface area (Å²) in [5.74, 6) is 0.852. The first-order valence-electron chi connectivity index (χ1n) is 6.64. The molecule has 0 amide bonds. The van der Waals surface area contributed by atoms with Crippen LogP contribution in [0.4, 0.5) is 5.69 Å². The van der Waals surface area contributed by atoms with E-state index < -0.39 is 0 Å². The molecule has 108 valence electrons. The number of hydrogen-bond donors (Lipinski definition) is 1. The molecule has 0 unspecified atom stereocenters. The van der Waals surface area contributed by atoms with Gasteiger partial charge in [-0.15, -0.1) is 0 Å². The van der Waals surface area contributed by atoms with Gasteiger partial charge in [0.25, 0.3) is 0 Å². The van der Waals surface area contributed by atoms with Gasteiger partial charge in [-0.3, -0.25) is 4.68 Å². The van der Waals surface area contributed by atoms with Crippen LogP contribution in [0.1, 0.15) is 11.3 Å². The Labute approximate surface area is 119 Å². The van der Waals surface area contributed by atoms with E-state index in [2.05, 4.69) is 17.3 Å². The fourth-order valence-electron chi connectivity index (χ4n) is 1.83. The van der Waals surface area contributed by atoms with Crippen LogP contribution in [0.3, 0.4) is 0 Å². The minimum Gasteiger partial charge on any atom is -0.491 e. The molecule has 5 heteroatoms. The zero-order valence-corrected chi connectivity index (χ0v) is 12.2. The Hall–Kier alpha value is -2.01. The normalized spacial score (nSPS) is 10.6. The zero-order valence-electron chi connectivity index (χ0n) is 12.2. The molecule has 20 heavy (non-hydrogen) atoms. The second-order valence-corrected chi connectivity index (χ2v) is 4.60. The van der Waals surface area contributed by atoms with Crippen LogP contribution in [0.5, 0.6) is 5.75 Å². The summed E-state index contributed by atoms with van der Waals surface area (Å²) in [6, 6.07) is 7.92. The fraction of sp³-hybridized carbons (Fsp3) is 0.400. The smallest absolute Gasteiger partial charge is 0.119 e. The molecule has 1 heterocycles. The molecule has 0 aliphatic carbocycles. The van der Waals surface area contributed by atoms with Gasteiger partial charge in [0.2, 0.25) is 0 Å². The molecule has 2 rings (SSSR count). The Morgan fingerprint density at radius 3 is 2.55 bits per heavy atom. The molecule has 0 bridgehead atoms. The lowest BCUT2D eigenvalue weighted by Crippen LogP contribution is -2.04. The highest BCUT2D eigenvalue weighted by Crippen LogP contribution is 2.17. The first-order chi connectivity index (χ1) is 9.70. The molecule has 1 aromatic carbocycles. The maximum absolute atomic E-state index is 5.52. The molecular weight excluding hydrogens is 254 g/mol. The lowest BCUT2D eigenvalue weighted by Gasteiger charge is -2.08. The Morgan fingerprint density at radius 2 is 1.95 bits per heavy atom. The lowest BCUT2D eigenvalue weighted by molar-refractivity contribution is 0.146. The van der Waals surface area contributed by atoms with Gasteiger partial charge >= 0.3 is 0 Å². The van der Waals surface area contributed by atoms with Crippen LogP contribution in [0.25, 0.3) is 0 Å². The van der Waals surface area contributed by atoms with Crippen molar-refractivity contribution in [2.75, 3.05) is 25.6 Å². The first-order valence-corrected chi connectivity index (χ1v) is 6.64. The number of rotatable bonds is 7. The van der Waals surface area contributed by atoms with Crippen molar-refractivity contribution in [3.05, 3.63) is 41.7 Å². The highest BCUT2D eigenvalue weighted by Gasteiger charge is 2.03. The number of methoxy groups -OCH3 is 1. The Kier molecular flexibility index (Phi) is 5.01. The van der Waals surface area contributed by atoms with E-state index in [1.807, 2.05) is 42.2 Å². The van der Waals surface area contributed by atoms with E-state index >= 15 is 0 Å². The maximum atomic E-state index is 5.52. The molecule has 0 atom stereocenters. The third kappa shape index (κ3) is 3.74. The topological polar surface area (TPSA) is 48.3 Å². The van der Waals surface area contributed by atoms with Crippen molar-refractivity contribution >= 4 is 5.69 Å². The Morgan fingerprint density at radius 1 is 1.20 bits per heavy atom. The second kappa shape index (κ2) is 6.96. The Bertz CT molecular complexity index is 535. The minimum atomic E-state index is 0.568. The summed E-state index contributed by atoms with van der Waals surface area (Å²) in [7, 11) is 3.61. The van der Waals surface area contributed by atoms with E-state index in [1.165, 1.54) is 11.3 Å². The van der Waals surface area contributed by atoms with E-state index in [9.17, 15) is 0 Å². The van der Waals surface area contributed by atoms with Gasteiger partial charge in [-0.05, 0) is 31.2 Å². The highest BCUT2D eigenvalue weighted by molar-refractivity contribution is 5.46. The lowest BCUT2D eigenvalue weighted by atomic mass is 10.2. The van der Waals surface area contributed by atoms with Gasteiger partial charge in [-0.25, -0.2) is 0 Å². The summed E-state index contributed by atoms with van der Waals surface area (Å²) in [5, 5.41) is 7.61. The number of benzene rings is 1. The highest BCUT2D eigenvalue weighted by atomic mass is 16.5. The number of hydrogen-bond acceptors (Lipinski definition) is 4. The summed E-state index contributed by atoms with van der Waals surface area (Å²) in [6.45, 7) is 4.00. The molecule has 0 spiro atoms. The number of anilines is 1. The Balaban J connectivity index is 1.86. The van der Waals surface area contributed by atoms with Crippen molar-refractivity contribution in [2.45, 2.75) is 13.5 Å². The molecule has 0 radical (unpaired) electrons. The number of nitrogens with one attached hydrogen (secondary N) is 1. The molecule has 1 N–H and O–H groups in total. The van der Waals surface area contributed by atoms with Crippen molar-refractivity contribution in [2.24, 2.45) is 7.05 Å². The summed E-state index contributed by atoms with van der Waals surface area (Å²) in [6.07, 6.45) is 1.89. The molecule has 0 saturated carbocycles. The van der Waals surface area contributed by atoms with Gasteiger partial charge in [0.1, 0.15) is 12.4 Å². The first kappa shape index (κ1) is 14.4. The number of nitrogens with zero attached hydrogens (tertiary/aromatic N) is 2.